The van der Waals surface area contributed by atoms with E-state index in [4.69, 9.17) is 4.74 Å². The van der Waals surface area contributed by atoms with Crippen molar-refractivity contribution in [1.82, 2.24) is 0 Å². The topological polar surface area (TPSA) is 29.5 Å². The number of aliphatic hydroxyl groups excluding tert-OH is 1. The molecule has 120 valence electrons. The first-order valence-corrected chi connectivity index (χ1v) is 7.88. The number of rotatable bonds is 8. The molecule has 2 rings (SSSR count). The zero-order chi connectivity index (χ0) is 16.7. The molecule has 0 saturated carbocycles. The Labute approximate surface area is 138 Å². The van der Waals surface area contributed by atoms with E-state index < -0.39 is 6.10 Å². The fourth-order valence-electron chi connectivity index (χ4n) is 2.66. The Kier molecular flexibility index (Phi) is 6.19. The third-order valence-corrected chi connectivity index (χ3v) is 3.77. The van der Waals surface area contributed by atoms with Crippen LogP contribution in [0.1, 0.15) is 35.3 Å². The lowest BCUT2D eigenvalue weighted by Crippen LogP contribution is -2.06. The molecule has 2 aromatic carbocycles. The summed E-state index contributed by atoms with van der Waals surface area (Å²) in [6, 6.07) is 14.1. The Bertz CT molecular complexity index is 657. The average molecular weight is 308 g/mol. The van der Waals surface area contributed by atoms with Gasteiger partial charge in [-0.1, -0.05) is 54.6 Å². The number of aliphatic hydroxyl groups is 1. The van der Waals surface area contributed by atoms with Crippen LogP contribution in [0.4, 0.5) is 0 Å². The van der Waals surface area contributed by atoms with Gasteiger partial charge in [0.15, 0.2) is 0 Å². The maximum atomic E-state index is 10.1. The van der Waals surface area contributed by atoms with Crippen LogP contribution < -0.4 is 4.74 Å². The summed E-state index contributed by atoms with van der Waals surface area (Å²) in [5, 5.41) is 10.1. The van der Waals surface area contributed by atoms with E-state index in [1.165, 1.54) is 0 Å². The van der Waals surface area contributed by atoms with Gasteiger partial charge in [0.05, 0.1) is 6.10 Å². The first-order valence-electron chi connectivity index (χ1n) is 7.88. The summed E-state index contributed by atoms with van der Waals surface area (Å²) < 4.78 is 6.14. The van der Waals surface area contributed by atoms with E-state index in [1.807, 2.05) is 54.6 Å². The molecule has 0 spiro atoms. The van der Waals surface area contributed by atoms with E-state index in [1.54, 1.807) is 6.92 Å². The summed E-state index contributed by atoms with van der Waals surface area (Å²) in [4.78, 5) is 0. The minimum absolute atomic E-state index is 0.498. The molecular formula is C21H24O2. The summed E-state index contributed by atoms with van der Waals surface area (Å²) in [5.41, 5.74) is 4.09. The summed E-state index contributed by atoms with van der Waals surface area (Å²) in [7, 11) is 0. The number of allylic oxidation sites excluding steroid dienone is 2. The molecule has 0 aliphatic heterocycles. The second-order valence-electron chi connectivity index (χ2n) is 5.56. The van der Waals surface area contributed by atoms with Gasteiger partial charge in [0.1, 0.15) is 12.4 Å². The molecule has 0 heterocycles. The van der Waals surface area contributed by atoms with E-state index in [-0.39, 0.29) is 0 Å². The van der Waals surface area contributed by atoms with E-state index in [9.17, 15) is 5.11 Å². The lowest BCUT2D eigenvalue weighted by atomic mass is 9.95. The minimum Gasteiger partial charge on any atom is -0.488 e. The predicted octanol–water partition coefficient (Wildman–Crippen LogP) is 4.78. The Morgan fingerprint density at radius 3 is 2.35 bits per heavy atom. The molecule has 0 aliphatic rings. The molecule has 0 aliphatic carbocycles. The number of benzene rings is 2. The van der Waals surface area contributed by atoms with Gasteiger partial charge >= 0.3 is 0 Å². The zero-order valence-corrected chi connectivity index (χ0v) is 13.7. The van der Waals surface area contributed by atoms with Gasteiger partial charge in [-0.2, -0.15) is 0 Å². The largest absolute Gasteiger partial charge is 0.488 e. The van der Waals surface area contributed by atoms with Crippen LogP contribution in [-0.4, -0.2) is 5.11 Å². The van der Waals surface area contributed by atoms with Crippen molar-refractivity contribution >= 4 is 0 Å². The fourth-order valence-corrected chi connectivity index (χ4v) is 2.66. The van der Waals surface area contributed by atoms with Crippen molar-refractivity contribution in [2.45, 2.75) is 32.5 Å². The van der Waals surface area contributed by atoms with Crippen LogP contribution in [0.5, 0.6) is 5.75 Å². The van der Waals surface area contributed by atoms with E-state index in [0.29, 0.717) is 13.0 Å². The Morgan fingerprint density at radius 2 is 1.74 bits per heavy atom. The fraction of sp³-hybridized carbons (Fsp3) is 0.238. The number of ether oxygens (including phenoxy) is 1. The molecule has 1 N–H and O–H groups in total. The highest BCUT2D eigenvalue weighted by Crippen LogP contribution is 2.33. The van der Waals surface area contributed by atoms with Gasteiger partial charge in [-0.3, -0.25) is 0 Å². The van der Waals surface area contributed by atoms with Crippen LogP contribution in [-0.2, 0) is 19.4 Å². The first-order chi connectivity index (χ1) is 11.2. The van der Waals surface area contributed by atoms with Gasteiger partial charge in [-0.15, -0.1) is 13.2 Å². The number of hydrogen-bond donors (Lipinski definition) is 1. The van der Waals surface area contributed by atoms with Crippen molar-refractivity contribution in [1.29, 1.82) is 0 Å². The van der Waals surface area contributed by atoms with Crippen molar-refractivity contribution < 1.29 is 9.84 Å². The summed E-state index contributed by atoms with van der Waals surface area (Å²) in [5.74, 6) is 0.840. The Balaban J connectivity index is 2.40. The summed E-state index contributed by atoms with van der Waals surface area (Å²) in [6.45, 7) is 9.93. The third kappa shape index (κ3) is 4.33. The minimum atomic E-state index is -0.540. The molecule has 1 unspecified atom stereocenters. The van der Waals surface area contributed by atoms with E-state index in [0.717, 1.165) is 34.4 Å². The lowest BCUT2D eigenvalue weighted by molar-refractivity contribution is 0.197. The van der Waals surface area contributed by atoms with Gasteiger partial charge in [0, 0.05) is 5.56 Å². The molecular weight excluding hydrogens is 284 g/mol. The Hall–Kier alpha value is -2.32. The molecule has 0 radical (unpaired) electrons. The normalized spacial score (nSPS) is 11.7. The van der Waals surface area contributed by atoms with Gasteiger partial charge in [0.25, 0.3) is 0 Å². The molecule has 2 heteroatoms. The van der Waals surface area contributed by atoms with Crippen LogP contribution in [0.25, 0.3) is 0 Å². The first kappa shape index (κ1) is 17.0. The van der Waals surface area contributed by atoms with Gasteiger partial charge in [-0.25, -0.2) is 0 Å². The molecule has 0 saturated heterocycles. The lowest BCUT2D eigenvalue weighted by Gasteiger charge is -2.20. The zero-order valence-electron chi connectivity index (χ0n) is 13.7. The van der Waals surface area contributed by atoms with Gasteiger partial charge in [0.2, 0.25) is 0 Å². The maximum absolute atomic E-state index is 10.1. The van der Waals surface area contributed by atoms with Crippen molar-refractivity contribution in [3.63, 3.8) is 0 Å². The van der Waals surface area contributed by atoms with E-state index in [2.05, 4.69) is 13.2 Å². The monoisotopic (exact) mass is 308 g/mol. The highest BCUT2D eigenvalue weighted by Gasteiger charge is 2.16. The molecule has 0 amide bonds. The second kappa shape index (κ2) is 8.35. The number of hydrogen-bond acceptors (Lipinski definition) is 2. The van der Waals surface area contributed by atoms with E-state index >= 15 is 0 Å². The van der Waals surface area contributed by atoms with Crippen molar-refractivity contribution in [3.05, 3.63) is 90.0 Å². The summed E-state index contributed by atoms with van der Waals surface area (Å²) in [6.07, 6.45) is 4.56. The second-order valence-corrected chi connectivity index (χ2v) is 5.56. The smallest absolute Gasteiger partial charge is 0.127 e. The van der Waals surface area contributed by atoms with Crippen molar-refractivity contribution in [2.24, 2.45) is 0 Å². The molecule has 0 aromatic heterocycles. The molecule has 2 aromatic rings. The highest BCUT2D eigenvalue weighted by molar-refractivity contribution is 5.49. The Morgan fingerprint density at radius 1 is 1.04 bits per heavy atom. The third-order valence-electron chi connectivity index (χ3n) is 3.77. The van der Waals surface area contributed by atoms with Crippen LogP contribution in [0.3, 0.4) is 0 Å². The summed E-state index contributed by atoms with van der Waals surface area (Å²) >= 11 is 0. The molecule has 23 heavy (non-hydrogen) atoms. The average Bonchev–Trinajstić information content (AvgIpc) is 2.55. The van der Waals surface area contributed by atoms with Crippen molar-refractivity contribution in [2.75, 3.05) is 0 Å². The van der Waals surface area contributed by atoms with Crippen LogP contribution >= 0.6 is 0 Å². The SMILES string of the molecule is C=CCc1ccc(C(C)O)c(CC=C)c1OCc1ccccc1. The standard InChI is InChI=1S/C21H24O2/c1-4-9-18-13-14-19(16(3)22)20(10-5-2)21(18)23-15-17-11-7-6-8-12-17/h4-8,11-14,16,22H,1-2,9-10,15H2,3H3. The van der Waals surface area contributed by atoms with Gasteiger partial charge < -0.3 is 9.84 Å². The quantitative estimate of drug-likeness (QED) is 0.711. The van der Waals surface area contributed by atoms with Gasteiger partial charge in [-0.05, 0) is 36.5 Å². The van der Waals surface area contributed by atoms with Crippen LogP contribution in [0.15, 0.2) is 67.8 Å². The van der Waals surface area contributed by atoms with Crippen LogP contribution in [0.2, 0.25) is 0 Å². The maximum Gasteiger partial charge on any atom is 0.127 e. The highest BCUT2D eigenvalue weighted by atomic mass is 16.5. The molecule has 1 atom stereocenters. The van der Waals surface area contributed by atoms with Crippen LogP contribution in [0, 0.1) is 0 Å². The molecule has 2 nitrogen and oxygen atoms in total. The molecule has 0 fully saturated rings. The van der Waals surface area contributed by atoms with Crippen molar-refractivity contribution in [3.8, 4) is 5.75 Å². The predicted molar refractivity (Wildman–Crippen MR) is 95.7 cm³/mol. The molecule has 0 bridgehead atoms.